The number of hydrogen-bond donors (Lipinski definition) is 1. The average molecular weight is 270 g/mol. The van der Waals surface area contributed by atoms with E-state index in [-0.39, 0.29) is 16.9 Å². The number of hydrogen-bond acceptors (Lipinski definition) is 1. The summed E-state index contributed by atoms with van der Waals surface area (Å²) in [4.78, 5) is 0. The van der Waals surface area contributed by atoms with Gasteiger partial charge in [0.2, 0.25) is 0 Å². The fraction of sp³-hybridized carbons (Fsp3) is 0.579. The largest absolute Gasteiger partial charge is 0.392 e. The molecule has 2 aliphatic carbocycles. The van der Waals surface area contributed by atoms with Crippen molar-refractivity contribution in [2.24, 2.45) is 16.7 Å². The summed E-state index contributed by atoms with van der Waals surface area (Å²) in [6.45, 7) is 9.15. The van der Waals surface area contributed by atoms with E-state index in [0.29, 0.717) is 11.8 Å². The number of aliphatic hydroxyl groups excluding tert-OH is 1. The van der Waals surface area contributed by atoms with Gasteiger partial charge < -0.3 is 5.11 Å². The maximum atomic E-state index is 10.6. The predicted molar refractivity (Wildman–Crippen MR) is 83.6 cm³/mol. The first-order valence-corrected chi connectivity index (χ1v) is 7.83. The van der Waals surface area contributed by atoms with Gasteiger partial charge in [0.25, 0.3) is 0 Å². The molecular formula is C19H26O. The molecule has 0 saturated heterocycles. The van der Waals surface area contributed by atoms with Crippen molar-refractivity contribution in [1.82, 2.24) is 0 Å². The van der Waals surface area contributed by atoms with Gasteiger partial charge in [0.1, 0.15) is 0 Å². The van der Waals surface area contributed by atoms with E-state index in [4.69, 9.17) is 0 Å². The Balaban J connectivity index is 1.99. The van der Waals surface area contributed by atoms with Gasteiger partial charge in [-0.3, -0.25) is 0 Å². The third-order valence-corrected chi connectivity index (χ3v) is 5.99. The van der Waals surface area contributed by atoms with Gasteiger partial charge in [0.15, 0.2) is 0 Å². The Kier molecular flexibility index (Phi) is 3.10. The first kappa shape index (κ1) is 13.9. The quantitative estimate of drug-likeness (QED) is 0.783. The molecular weight excluding hydrogens is 244 g/mol. The SMILES string of the molecule is CC(/C=C1/C(C)(C)[C@@H]2CC[C@@]1(C)[C@@H]2O)c1ccccc1. The summed E-state index contributed by atoms with van der Waals surface area (Å²) >= 11 is 0. The molecule has 2 bridgehead atoms. The second kappa shape index (κ2) is 4.46. The molecule has 0 radical (unpaired) electrons. The zero-order chi connectivity index (χ0) is 14.5. The molecule has 4 atom stereocenters. The predicted octanol–water partition coefficient (Wildman–Crippen LogP) is 4.53. The minimum absolute atomic E-state index is 0.00277. The summed E-state index contributed by atoms with van der Waals surface area (Å²) in [6, 6.07) is 10.7. The molecule has 1 heteroatoms. The molecule has 20 heavy (non-hydrogen) atoms. The fourth-order valence-electron chi connectivity index (χ4n) is 4.70. The van der Waals surface area contributed by atoms with Crippen molar-refractivity contribution in [3.63, 3.8) is 0 Å². The third kappa shape index (κ3) is 1.79. The lowest BCUT2D eigenvalue weighted by Gasteiger charge is -2.37. The molecule has 0 heterocycles. The maximum Gasteiger partial charge on any atom is 0.0667 e. The number of allylic oxidation sites excluding steroid dienone is 1. The van der Waals surface area contributed by atoms with Crippen LogP contribution in [0.1, 0.15) is 52.0 Å². The highest BCUT2D eigenvalue weighted by molar-refractivity contribution is 5.37. The van der Waals surface area contributed by atoms with Gasteiger partial charge in [-0.2, -0.15) is 0 Å². The molecule has 1 unspecified atom stereocenters. The van der Waals surface area contributed by atoms with Crippen LogP contribution in [0, 0.1) is 16.7 Å². The van der Waals surface area contributed by atoms with E-state index >= 15 is 0 Å². The molecule has 1 aromatic carbocycles. The van der Waals surface area contributed by atoms with Crippen molar-refractivity contribution in [3.8, 4) is 0 Å². The van der Waals surface area contributed by atoms with E-state index in [1.807, 2.05) is 0 Å². The monoisotopic (exact) mass is 270 g/mol. The topological polar surface area (TPSA) is 20.2 Å². The summed E-state index contributed by atoms with van der Waals surface area (Å²) < 4.78 is 0. The van der Waals surface area contributed by atoms with Crippen LogP contribution in [-0.4, -0.2) is 11.2 Å². The Morgan fingerprint density at radius 2 is 1.85 bits per heavy atom. The Bertz CT molecular complexity index is 528. The van der Waals surface area contributed by atoms with Crippen molar-refractivity contribution >= 4 is 0 Å². The van der Waals surface area contributed by atoms with Gasteiger partial charge in [0.05, 0.1) is 6.10 Å². The van der Waals surface area contributed by atoms with Crippen molar-refractivity contribution in [2.75, 3.05) is 0 Å². The molecule has 0 spiro atoms. The van der Waals surface area contributed by atoms with Crippen LogP contribution in [0.5, 0.6) is 0 Å². The molecule has 2 fully saturated rings. The van der Waals surface area contributed by atoms with Gasteiger partial charge in [-0.25, -0.2) is 0 Å². The highest BCUT2D eigenvalue weighted by atomic mass is 16.3. The van der Waals surface area contributed by atoms with E-state index in [1.54, 1.807) is 0 Å². The molecule has 0 aromatic heterocycles. The Morgan fingerprint density at radius 3 is 2.40 bits per heavy atom. The molecule has 108 valence electrons. The minimum atomic E-state index is -0.160. The van der Waals surface area contributed by atoms with Crippen LogP contribution in [0.15, 0.2) is 42.0 Å². The molecule has 2 saturated carbocycles. The van der Waals surface area contributed by atoms with Crippen molar-refractivity contribution < 1.29 is 5.11 Å². The van der Waals surface area contributed by atoms with Crippen molar-refractivity contribution in [3.05, 3.63) is 47.5 Å². The first-order chi connectivity index (χ1) is 9.37. The van der Waals surface area contributed by atoms with Crippen molar-refractivity contribution in [2.45, 2.75) is 52.6 Å². The second-order valence-electron chi connectivity index (χ2n) is 7.51. The lowest BCUT2D eigenvalue weighted by molar-refractivity contribution is 0.0752. The summed E-state index contributed by atoms with van der Waals surface area (Å²) in [7, 11) is 0. The lowest BCUT2D eigenvalue weighted by Crippen LogP contribution is -2.27. The first-order valence-electron chi connectivity index (χ1n) is 7.83. The standard InChI is InChI=1S/C19H26O/c1-13(14-8-6-5-7-9-14)12-16-18(2,3)15-10-11-19(16,4)17(15)20/h5-9,12-13,15,17,20H,10-11H2,1-4H3/b16-12-/t13?,15-,17-,19-/m1/s1. The van der Waals surface area contributed by atoms with Crippen molar-refractivity contribution in [1.29, 1.82) is 0 Å². The number of rotatable bonds is 2. The normalized spacial score (nSPS) is 38.4. The van der Waals surface area contributed by atoms with Crippen LogP contribution in [0.2, 0.25) is 0 Å². The van der Waals surface area contributed by atoms with E-state index in [0.717, 1.165) is 6.42 Å². The van der Waals surface area contributed by atoms with Gasteiger partial charge in [0, 0.05) is 5.41 Å². The maximum absolute atomic E-state index is 10.6. The zero-order valence-electron chi connectivity index (χ0n) is 13.1. The smallest absolute Gasteiger partial charge is 0.0667 e. The van der Waals surface area contributed by atoms with E-state index in [9.17, 15) is 5.11 Å². The summed E-state index contributed by atoms with van der Waals surface area (Å²) in [6.07, 6.45) is 4.57. The van der Waals surface area contributed by atoms with Crippen LogP contribution in [0.3, 0.4) is 0 Å². The zero-order valence-corrected chi connectivity index (χ0v) is 13.1. The van der Waals surface area contributed by atoms with Gasteiger partial charge in [-0.1, -0.05) is 69.7 Å². The second-order valence-corrected chi connectivity index (χ2v) is 7.51. The highest BCUT2D eigenvalue weighted by Gasteiger charge is 2.61. The van der Waals surface area contributed by atoms with Crippen LogP contribution in [0.4, 0.5) is 0 Å². The molecule has 1 N–H and O–H groups in total. The van der Waals surface area contributed by atoms with Crippen LogP contribution in [-0.2, 0) is 0 Å². The third-order valence-electron chi connectivity index (χ3n) is 5.99. The molecule has 0 aliphatic heterocycles. The molecule has 2 aliphatic rings. The van der Waals surface area contributed by atoms with Crippen LogP contribution >= 0.6 is 0 Å². The van der Waals surface area contributed by atoms with Gasteiger partial charge in [-0.15, -0.1) is 0 Å². The summed E-state index contributed by atoms with van der Waals surface area (Å²) in [5, 5.41) is 10.6. The Labute approximate surface area is 122 Å². The van der Waals surface area contributed by atoms with Crippen LogP contribution in [0.25, 0.3) is 0 Å². The van der Waals surface area contributed by atoms with Gasteiger partial charge in [-0.05, 0) is 35.7 Å². The van der Waals surface area contributed by atoms with Crippen LogP contribution < -0.4 is 0 Å². The average Bonchev–Trinajstić information content (AvgIpc) is 2.79. The lowest BCUT2D eigenvalue weighted by atomic mass is 9.67. The molecule has 1 nitrogen and oxygen atoms in total. The van der Waals surface area contributed by atoms with Gasteiger partial charge >= 0.3 is 0 Å². The molecule has 3 rings (SSSR count). The number of benzene rings is 1. The summed E-state index contributed by atoms with van der Waals surface area (Å²) in [5.41, 5.74) is 2.97. The highest BCUT2D eigenvalue weighted by Crippen LogP contribution is 2.66. The molecule has 1 aromatic rings. The Morgan fingerprint density at radius 1 is 1.20 bits per heavy atom. The van der Waals surface area contributed by atoms with E-state index in [1.165, 1.54) is 17.6 Å². The summed E-state index contributed by atoms with van der Waals surface area (Å²) in [5.74, 6) is 0.843. The number of fused-ring (bicyclic) bond motifs is 2. The van der Waals surface area contributed by atoms with E-state index in [2.05, 4.69) is 64.1 Å². The minimum Gasteiger partial charge on any atom is -0.392 e. The van der Waals surface area contributed by atoms with E-state index < -0.39 is 0 Å². The molecule has 0 amide bonds. The fourth-order valence-corrected chi connectivity index (χ4v) is 4.70. The number of aliphatic hydroxyl groups is 1. The Hall–Kier alpha value is -1.08.